The van der Waals surface area contributed by atoms with Gasteiger partial charge in [-0.15, -0.1) is 0 Å². The highest BCUT2D eigenvalue weighted by Gasteiger charge is 2.12. The minimum absolute atomic E-state index is 0.973. The van der Waals surface area contributed by atoms with Crippen LogP contribution in [0.1, 0.15) is 16.8 Å². The number of H-pyrrole nitrogens is 1. The molecule has 0 unspecified atom stereocenters. The summed E-state index contributed by atoms with van der Waals surface area (Å²) in [5.41, 5.74) is 6.66. The van der Waals surface area contributed by atoms with E-state index in [0.29, 0.717) is 0 Å². The lowest BCUT2D eigenvalue weighted by Gasteiger charge is -2.11. The lowest BCUT2D eigenvalue weighted by Crippen LogP contribution is -2.22. The Labute approximate surface area is 95.7 Å². The lowest BCUT2D eigenvalue weighted by atomic mass is 10.1. The molecular formula is C14H16N2. The molecule has 0 atom stereocenters. The number of benzene rings is 1. The van der Waals surface area contributed by atoms with E-state index in [1.807, 2.05) is 0 Å². The first kappa shape index (κ1) is 9.67. The van der Waals surface area contributed by atoms with Crippen LogP contribution in [-0.2, 0) is 13.0 Å². The molecule has 0 saturated heterocycles. The standard InChI is InChI=1S/C14H16N2/c1-10-3-2-4-11(7-10)13-8-12-5-6-15-9-14(12)16-13/h2-4,7-8,15-16H,5-6,9H2,1H3. The van der Waals surface area contributed by atoms with Crippen molar-refractivity contribution < 1.29 is 0 Å². The molecular weight excluding hydrogens is 196 g/mol. The summed E-state index contributed by atoms with van der Waals surface area (Å²) in [6.07, 6.45) is 1.14. The van der Waals surface area contributed by atoms with Crippen LogP contribution < -0.4 is 5.32 Å². The van der Waals surface area contributed by atoms with Gasteiger partial charge in [0.05, 0.1) is 0 Å². The first-order valence-electron chi connectivity index (χ1n) is 5.81. The molecule has 2 nitrogen and oxygen atoms in total. The molecule has 2 heteroatoms. The molecule has 1 aromatic heterocycles. The summed E-state index contributed by atoms with van der Waals surface area (Å²) in [5, 5.41) is 3.39. The van der Waals surface area contributed by atoms with Crippen LogP contribution in [0.15, 0.2) is 30.3 Å². The number of fused-ring (bicyclic) bond motifs is 1. The van der Waals surface area contributed by atoms with Gasteiger partial charge in [-0.1, -0.05) is 23.8 Å². The van der Waals surface area contributed by atoms with Crippen molar-refractivity contribution in [1.82, 2.24) is 10.3 Å². The number of hydrogen-bond acceptors (Lipinski definition) is 1. The molecule has 0 bridgehead atoms. The lowest BCUT2D eigenvalue weighted by molar-refractivity contribution is 0.635. The molecule has 0 saturated carbocycles. The minimum Gasteiger partial charge on any atom is -0.357 e. The number of nitrogens with one attached hydrogen (secondary N) is 2. The van der Waals surface area contributed by atoms with Crippen molar-refractivity contribution in [3.05, 3.63) is 47.2 Å². The third-order valence-electron chi connectivity index (χ3n) is 3.19. The first-order valence-corrected chi connectivity index (χ1v) is 5.81. The highest BCUT2D eigenvalue weighted by molar-refractivity contribution is 5.62. The zero-order valence-corrected chi connectivity index (χ0v) is 9.51. The number of rotatable bonds is 1. The van der Waals surface area contributed by atoms with Crippen molar-refractivity contribution in [3.63, 3.8) is 0 Å². The average molecular weight is 212 g/mol. The summed E-state index contributed by atoms with van der Waals surface area (Å²) in [6, 6.07) is 10.9. The Kier molecular flexibility index (Phi) is 2.29. The zero-order chi connectivity index (χ0) is 11.0. The summed E-state index contributed by atoms with van der Waals surface area (Å²) < 4.78 is 0. The second kappa shape index (κ2) is 3.80. The van der Waals surface area contributed by atoms with E-state index in [1.165, 1.54) is 28.1 Å². The largest absolute Gasteiger partial charge is 0.357 e. The van der Waals surface area contributed by atoms with Gasteiger partial charge < -0.3 is 10.3 Å². The predicted molar refractivity (Wildman–Crippen MR) is 66.4 cm³/mol. The van der Waals surface area contributed by atoms with E-state index in [0.717, 1.165) is 19.5 Å². The molecule has 3 rings (SSSR count). The van der Waals surface area contributed by atoms with Crippen LogP contribution in [0.25, 0.3) is 11.3 Å². The van der Waals surface area contributed by atoms with Gasteiger partial charge in [0.15, 0.2) is 0 Å². The van der Waals surface area contributed by atoms with Crippen LogP contribution in [0.2, 0.25) is 0 Å². The summed E-state index contributed by atoms with van der Waals surface area (Å²) in [5.74, 6) is 0. The van der Waals surface area contributed by atoms with Gasteiger partial charge in [-0.3, -0.25) is 0 Å². The quantitative estimate of drug-likeness (QED) is 0.747. The van der Waals surface area contributed by atoms with Crippen LogP contribution in [0.3, 0.4) is 0 Å². The first-order chi connectivity index (χ1) is 7.83. The zero-order valence-electron chi connectivity index (χ0n) is 9.51. The third-order valence-corrected chi connectivity index (χ3v) is 3.19. The van der Waals surface area contributed by atoms with Crippen molar-refractivity contribution in [2.75, 3.05) is 6.54 Å². The van der Waals surface area contributed by atoms with Gasteiger partial charge in [-0.05, 0) is 43.1 Å². The normalized spacial score (nSPS) is 14.8. The van der Waals surface area contributed by atoms with Gasteiger partial charge in [0.25, 0.3) is 0 Å². The summed E-state index contributed by atoms with van der Waals surface area (Å²) in [4.78, 5) is 3.51. The number of hydrogen-bond donors (Lipinski definition) is 2. The second-order valence-corrected chi connectivity index (χ2v) is 4.48. The molecule has 0 radical (unpaired) electrons. The van der Waals surface area contributed by atoms with Crippen LogP contribution in [0, 0.1) is 6.92 Å². The van der Waals surface area contributed by atoms with Crippen molar-refractivity contribution in [2.24, 2.45) is 0 Å². The Balaban J connectivity index is 2.03. The molecule has 2 heterocycles. The van der Waals surface area contributed by atoms with Gasteiger partial charge in [0.2, 0.25) is 0 Å². The van der Waals surface area contributed by atoms with Crippen molar-refractivity contribution in [3.8, 4) is 11.3 Å². The molecule has 0 aliphatic carbocycles. The average Bonchev–Trinajstić information content (AvgIpc) is 2.72. The fraction of sp³-hybridized carbons (Fsp3) is 0.286. The smallest absolute Gasteiger partial charge is 0.0459 e. The Morgan fingerprint density at radius 2 is 2.12 bits per heavy atom. The number of aromatic nitrogens is 1. The fourth-order valence-electron chi connectivity index (χ4n) is 2.33. The summed E-state index contributed by atoms with van der Waals surface area (Å²) in [7, 11) is 0. The molecule has 16 heavy (non-hydrogen) atoms. The second-order valence-electron chi connectivity index (χ2n) is 4.48. The molecule has 0 amide bonds. The third kappa shape index (κ3) is 1.65. The maximum atomic E-state index is 3.51. The van der Waals surface area contributed by atoms with Crippen LogP contribution in [0.5, 0.6) is 0 Å². The van der Waals surface area contributed by atoms with Crippen LogP contribution in [-0.4, -0.2) is 11.5 Å². The number of aromatic amines is 1. The molecule has 0 spiro atoms. The summed E-state index contributed by atoms with van der Waals surface area (Å²) >= 11 is 0. The van der Waals surface area contributed by atoms with E-state index in [1.54, 1.807) is 0 Å². The van der Waals surface area contributed by atoms with E-state index in [9.17, 15) is 0 Å². The predicted octanol–water partition coefficient (Wildman–Crippen LogP) is 2.64. The van der Waals surface area contributed by atoms with Crippen molar-refractivity contribution in [1.29, 1.82) is 0 Å². The topological polar surface area (TPSA) is 27.8 Å². The van der Waals surface area contributed by atoms with E-state index in [2.05, 4.69) is 47.6 Å². The summed E-state index contributed by atoms with van der Waals surface area (Å²) in [6.45, 7) is 4.20. The molecule has 2 aromatic rings. The highest BCUT2D eigenvalue weighted by atomic mass is 14.9. The van der Waals surface area contributed by atoms with Crippen LogP contribution in [0.4, 0.5) is 0 Å². The van der Waals surface area contributed by atoms with Gasteiger partial charge >= 0.3 is 0 Å². The molecule has 1 aliphatic heterocycles. The molecule has 0 fully saturated rings. The molecule has 82 valence electrons. The van der Waals surface area contributed by atoms with Crippen molar-refractivity contribution >= 4 is 0 Å². The SMILES string of the molecule is Cc1cccc(-c2cc3c([nH]2)CNCC3)c1. The minimum atomic E-state index is 0.973. The monoisotopic (exact) mass is 212 g/mol. The molecule has 2 N–H and O–H groups in total. The molecule has 1 aromatic carbocycles. The Morgan fingerprint density at radius 1 is 1.19 bits per heavy atom. The number of aryl methyl sites for hydroxylation is 1. The van der Waals surface area contributed by atoms with E-state index < -0.39 is 0 Å². The van der Waals surface area contributed by atoms with Gasteiger partial charge in [0, 0.05) is 17.9 Å². The van der Waals surface area contributed by atoms with Gasteiger partial charge in [-0.25, -0.2) is 0 Å². The van der Waals surface area contributed by atoms with E-state index in [4.69, 9.17) is 0 Å². The fourth-order valence-corrected chi connectivity index (χ4v) is 2.33. The maximum absolute atomic E-state index is 3.51. The van der Waals surface area contributed by atoms with Gasteiger partial charge in [0.1, 0.15) is 0 Å². The van der Waals surface area contributed by atoms with E-state index >= 15 is 0 Å². The van der Waals surface area contributed by atoms with Gasteiger partial charge in [-0.2, -0.15) is 0 Å². The maximum Gasteiger partial charge on any atom is 0.0459 e. The van der Waals surface area contributed by atoms with E-state index in [-0.39, 0.29) is 0 Å². The Morgan fingerprint density at radius 3 is 2.94 bits per heavy atom. The Hall–Kier alpha value is -1.54. The van der Waals surface area contributed by atoms with Crippen LogP contribution >= 0.6 is 0 Å². The highest BCUT2D eigenvalue weighted by Crippen LogP contribution is 2.24. The molecule has 1 aliphatic rings. The van der Waals surface area contributed by atoms with Crippen molar-refractivity contribution in [2.45, 2.75) is 19.9 Å². The Bertz CT molecular complexity index is 488.